The van der Waals surface area contributed by atoms with E-state index >= 15 is 0 Å². The molecule has 0 radical (unpaired) electrons. The van der Waals surface area contributed by atoms with Crippen LogP contribution in [0.1, 0.15) is 37.5 Å². The number of fused-ring (bicyclic) bond motifs is 5. The molecule has 0 atom stereocenters. The summed E-state index contributed by atoms with van der Waals surface area (Å²) in [5.41, 5.74) is 10.6. The maximum Gasteiger partial charge on any atom is 0.163 e. The van der Waals surface area contributed by atoms with Crippen molar-refractivity contribution < 1.29 is 0 Å². The van der Waals surface area contributed by atoms with E-state index in [9.17, 15) is 0 Å². The predicted molar refractivity (Wildman–Crippen MR) is 143 cm³/mol. The third-order valence-electron chi connectivity index (χ3n) is 7.10. The van der Waals surface area contributed by atoms with E-state index in [1.165, 1.54) is 44.2 Å². The van der Waals surface area contributed by atoms with Crippen molar-refractivity contribution in [2.24, 2.45) is 7.05 Å². The van der Waals surface area contributed by atoms with E-state index < -0.39 is 0 Å². The Labute approximate surface area is 199 Å². The number of aromatic nitrogens is 4. The zero-order valence-electron chi connectivity index (χ0n) is 20.7. The fourth-order valence-electron chi connectivity index (χ4n) is 5.59. The summed E-state index contributed by atoms with van der Waals surface area (Å²) in [5, 5.41) is 2.49. The maximum atomic E-state index is 5.02. The summed E-state index contributed by atoms with van der Waals surface area (Å²) in [7, 11) is 2.18. The van der Waals surface area contributed by atoms with Gasteiger partial charge in [0.2, 0.25) is 0 Å². The van der Waals surface area contributed by atoms with Crippen LogP contribution in [0.2, 0.25) is 0 Å². The molecule has 0 amide bonds. The summed E-state index contributed by atoms with van der Waals surface area (Å²) in [6.07, 6.45) is 1.96. The van der Waals surface area contributed by atoms with Gasteiger partial charge in [0.15, 0.2) is 5.65 Å². The van der Waals surface area contributed by atoms with Crippen molar-refractivity contribution in [2.45, 2.75) is 40.0 Å². The molecule has 6 rings (SSSR count). The van der Waals surface area contributed by atoms with Gasteiger partial charge in [-0.05, 0) is 54.2 Å². The van der Waals surface area contributed by atoms with Crippen molar-refractivity contribution in [3.05, 3.63) is 89.6 Å². The summed E-state index contributed by atoms with van der Waals surface area (Å²) >= 11 is 0. The lowest BCUT2D eigenvalue weighted by molar-refractivity contribution is 0.584. The maximum absolute atomic E-state index is 5.02. The van der Waals surface area contributed by atoms with Crippen LogP contribution in [0.5, 0.6) is 0 Å². The highest BCUT2D eigenvalue weighted by molar-refractivity contribution is 6.14. The highest BCUT2D eigenvalue weighted by Crippen LogP contribution is 2.37. The topological polar surface area (TPSA) is 27.2 Å². The smallest absolute Gasteiger partial charge is 0.163 e. The Bertz CT molecular complexity index is 1750. The first-order valence-electron chi connectivity index (χ1n) is 11.9. The number of nitrogens with zero attached hydrogens (tertiary/aromatic N) is 4. The van der Waals surface area contributed by atoms with Gasteiger partial charge in [-0.15, -0.1) is 0 Å². The number of para-hydroxylation sites is 3. The SMILES string of the molecule is Cc1cccc(C)c1-n1c2cccc3c4ccccc4n(c4nccc(C(C)(C)C)c4n1C)c32. The summed E-state index contributed by atoms with van der Waals surface area (Å²) in [6.45, 7) is 11.2. The molecule has 0 aliphatic rings. The highest BCUT2D eigenvalue weighted by atomic mass is 15.4. The molecule has 3 aromatic heterocycles. The average Bonchev–Trinajstić information content (AvgIpc) is 3.09. The van der Waals surface area contributed by atoms with Crippen LogP contribution < -0.4 is 0 Å². The van der Waals surface area contributed by atoms with Crippen LogP contribution >= 0.6 is 0 Å². The first kappa shape index (κ1) is 20.8. The second-order valence-electron chi connectivity index (χ2n) is 10.4. The minimum Gasteiger partial charge on any atom is -0.290 e. The molecule has 0 saturated heterocycles. The van der Waals surface area contributed by atoms with Crippen LogP contribution in [0.3, 0.4) is 0 Å². The van der Waals surface area contributed by atoms with Gasteiger partial charge in [-0.1, -0.05) is 69.3 Å². The van der Waals surface area contributed by atoms with Gasteiger partial charge >= 0.3 is 0 Å². The van der Waals surface area contributed by atoms with Gasteiger partial charge in [0.05, 0.1) is 22.2 Å². The van der Waals surface area contributed by atoms with Gasteiger partial charge in [-0.3, -0.25) is 13.8 Å². The van der Waals surface area contributed by atoms with E-state index in [1.807, 2.05) is 6.20 Å². The fraction of sp³-hybridized carbons (Fsp3) is 0.233. The molecule has 0 spiro atoms. The van der Waals surface area contributed by atoms with E-state index in [0.29, 0.717) is 0 Å². The number of hydrogen-bond donors (Lipinski definition) is 0. The van der Waals surface area contributed by atoms with Crippen molar-refractivity contribution in [3.8, 4) is 5.69 Å². The lowest BCUT2D eigenvalue weighted by Crippen LogP contribution is -2.18. The van der Waals surface area contributed by atoms with Crippen LogP contribution in [-0.2, 0) is 12.5 Å². The van der Waals surface area contributed by atoms with Crippen molar-refractivity contribution in [3.63, 3.8) is 0 Å². The summed E-state index contributed by atoms with van der Waals surface area (Å²) in [4.78, 5) is 5.02. The second-order valence-corrected chi connectivity index (χ2v) is 10.4. The number of rotatable bonds is 1. The molecule has 0 unspecified atom stereocenters. The third-order valence-corrected chi connectivity index (χ3v) is 7.10. The Morgan fingerprint density at radius 1 is 0.706 bits per heavy atom. The van der Waals surface area contributed by atoms with Crippen molar-refractivity contribution in [1.82, 2.24) is 18.7 Å². The molecule has 170 valence electrons. The molecule has 0 aliphatic carbocycles. The Kier molecular flexibility index (Phi) is 4.34. The highest BCUT2D eigenvalue weighted by Gasteiger charge is 2.24. The second kappa shape index (κ2) is 7.10. The van der Waals surface area contributed by atoms with Crippen LogP contribution in [0.4, 0.5) is 0 Å². The molecule has 0 N–H and O–H groups in total. The van der Waals surface area contributed by atoms with Crippen molar-refractivity contribution >= 4 is 38.5 Å². The molecule has 0 saturated carbocycles. The largest absolute Gasteiger partial charge is 0.290 e. The van der Waals surface area contributed by atoms with Gasteiger partial charge in [0.1, 0.15) is 5.52 Å². The van der Waals surface area contributed by atoms with Crippen molar-refractivity contribution in [2.75, 3.05) is 0 Å². The molecule has 6 aromatic rings. The van der Waals surface area contributed by atoms with E-state index in [4.69, 9.17) is 4.98 Å². The van der Waals surface area contributed by atoms with Crippen LogP contribution in [-0.4, -0.2) is 18.7 Å². The molecule has 0 fully saturated rings. The molecule has 3 heterocycles. The Morgan fingerprint density at radius 2 is 1.35 bits per heavy atom. The van der Waals surface area contributed by atoms with Gasteiger partial charge < -0.3 is 0 Å². The number of pyridine rings is 1. The van der Waals surface area contributed by atoms with Crippen LogP contribution in [0, 0.1) is 13.8 Å². The van der Waals surface area contributed by atoms with Gasteiger partial charge in [0.25, 0.3) is 0 Å². The summed E-state index contributed by atoms with van der Waals surface area (Å²) in [5.74, 6) is 0. The monoisotopic (exact) mass is 446 g/mol. The zero-order valence-corrected chi connectivity index (χ0v) is 20.7. The normalized spacial score (nSPS) is 12.4. The first-order valence-corrected chi connectivity index (χ1v) is 11.9. The number of benzene rings is 3. The third kappa shape index (κ3) is 2.75. The lowest BCUT2D eigenvalue weighted by Gasteiger charge is -2.24. The molecule has 0 bridgehead atoms. The summed E-state index contributed by atoms with van der Waals surface area (Å²) < 4.78 is 7.08. The first-order chi connectivity index (χ1) is 16.3. The minimum atomic E-state index is -0.0493. The predicted octanol–water partition coefficient (Wildman–Crippen LogP) is 7.40. The average molecular weight is 447 g/mol. The molecule has 0 aliphatic heterocycles. The zero-order chi connectivity index (χ0) is 23.8. The Hall–Kier alpha value is -3.79. The fourth-order valence-corrected chi connectivity index (χ4v) is 5.59. The van der Waals surface area contributed by atoms with E-state index in [-0.39, 0.29) is 5.41 Å². The molecule has 4 nitrogen and oxygen atoms in total. The van der Waals surface area contributed by atoms with Gasteiger partial charge in [0, 0.05) is 24.0 Å². The van der Waals surface area contributed by atoms with Gasteiger partial charge in [-0.2, -0.15) is 0 Å². The van der Waals surface area contributed by atoms with E-state index in [2.05, 4.69) is 122 Å². The molecule has 3 aromatic carbocycles. The van der Waals surface area contributed by atoms with Crippen molar-refractivity contribution in [1.29, 1.82) is 0 Å². The molecule has 34 heavy (non-hydrogen) atoms. The molecular formula is C30H30N4. The van der Waals surface area contributed by atoms with E-state index in [0.717, 1.165) is 16.7 Å². The van der Waals surface area contributed by atoms with E-state index in [1.54, 1.807) is 0 Å². The number of aryl methyl sites for hydroxylation is 3. The quantitative estimate of drug-likeness (QED) is 0.258. The van der Waals surface area contributed by atoms with Crippen LogP contribution in [0.25, 0.3) is 44.2 Å². The minimum absolute atomic E-state index is 0.0493. The standard InChI is InChI=1S/C30H30N4/c1-19-11-9-12-20(2)26(19)34-25-16-10-14-22-21-13-7-8-15-24(21)33(27(22)25)29-28(32(34)6)23(17-18-31-29)30(3,4)5/h7-18H,1-6H3. The number of hydrogen-bond acceptors (Lipinski definition) is 1. The van der Waals surface area contributed by atoms with Crippen LogP contribution in [0.15, 0.2) is 72.9 Å². The summed E-state index contributed by atoms with van der Waals surface area (Å²) in [6, 6.07) is 24.0. The Morgan fingerprint density at radius 3 is 2.09 bits per heavy atom. The van der Waals surface area contributed by atoms with Gasteiger partial charge in [-0.25, -0.2) is 4.98 Å². The Balaban J connectivity index is 2.06. The molecular weight excluding hydrogens is 416 g/mol. The lowest BCUT2D eigenvalue weighted by atomic mass is 9.87. The molecule has 4 heteroatoms.